The van der Waals surface area contributed by atoms with Crippen LogP contribution in [0.1, 0.15) is 12.0 Å². The first-order valence-corrected chi connectivity index (χ1v) is 6.81. The fraction of sp³-hybridized carbons (Fsp3) is 0.400. The van der Waals surface area contributed by atoms with Gasteiger partial charge in [-0.05, 0) is 31.0 Å². The number of rotatable bonds is 5. The van der Waals surface area contributed by atoms with Crippen molar-refractivity contribution in [2.75, 3.05) is 12.4 Å². The minimum absolute atomic E-state index is 0.0259. The van der Waals surface area contributed by atoms with Gasteiger partial charge < -0.3 is 0 Å². The second kappa shape index (κ2) is 5.61. The number of benzene rings is 1. The zero-order valence-electron chi connectivity index (χ0n) is 8.83. The lowest BCUT2D eigenvalue weighted by Crippen LogP contribution is -2.25. The summed E-state index contributed by atoms with van der Waals surface area (Å²) < 4.78 is 38.8. The summed E-state index contributed by atoms with van der Waals surface area (Å²) in [6.07, 6.45) is 0.537. The molecule has 0 amide bonds. The molecular formula is C10H13ClFNO2S. The van der Waals surface area contributed by atoms with Crippen LogP contribution in [0.2, 0.25) is 0 Å². The number of sulfonamides is 1. The number of alkyl halides is 1. The Morgan fingerprint density at radius 1 is 1.44 bits per heavy atom. The van der Waals surface area contributed by atoms with Gasteiger partial charge in [0.2, 0.25) is 10.0 Å². The Bertz CT molecular complexity index is 462. The second-order valence-corrected chi connectivity index (χ2v) is 5.46. The maximum Gasteiger partial charge on any atom is 0.240 e. The topological polar surface area (TPSA) is 46.2 Å². The van der Waals surface area contributed by atoms with Crippen molar-refractivity contribution in [2.24, 2.45) is 0 Å². The van der Waals surface area contributed by atoms with Gasteiger partial charge in [-0.1, -0.05) is 6.07 Å². The van der Waals surface area contributed by atoms with E-state index >= 15 is 0 Å². The molecule has 0 radical (unpaired) electrons. The molecule has 16 heavy (non-hydrogen) atoms. The third-order valence-electron chi connectivity index (χ3n) is 2.04. The Morgan fingerprint density at radius 3 is 2.75 bits per heavy atom. The third-order valence-corrected chi connectivity index (χ3v) is 3.91. The van der Waals surface area contributed by atoms with Crippen LogP contribution in [0.25, 0.3) is 0 Å². The standard InChI is InChI=1S/C10H13ClFNO2S/c1-8-3-4-9(12)7-10(8)16(14,15)13-6-2-5-11/h3-4,7,13H,2,5-6H2,1H3. The molecule has 90 valence electrons. The summed E-state index contributed by atoms with van der Waals surface area (Å²) >= 11 is 5.44. The molecule has 0 aromatic heterocycles. The Hall–Kier alpha value is -0.650. The van der Waals surface area contributed by atoms with Crippen molar-refractivity contribution in [3.8, 4) is 0 Å². The van der Waals surface area contributed by atoms with Crippen LogP contribution >= 0.6 is 11.6 Å². The molecule has 0 bridgehead atoms. The Labute approximate surface area is 99.7 Å². The number of hydrogen-bond acceptors (Lipinski definition) is 2. The summed E-state index contributed by atoms with van der Waals surface area (Å²) in [4.78, 5) is -0.0259. The minimum atomic E-state index is -3.63. The molecule has 0 fully saturated rings. The molecule has 1 rings (SSSR count). The summed E-state index contributed by atoms with van der Waals surface area (Å²) in [7, 11) is -3.63. The first kappa shape index (κ1) is 13.4. The Balaban J connectivity index is 2.93. The molecule has 1 N–H and O–H groups in total. The van der Waals surface area contributed by atoms with Crippen LogP contribution in [0.15, 0.2) is 23.1 Å². The lowest BCUT2D eigenvalue weighted by molar-refractivity contribution is 0.576. The summed E-state index contributed by atoms with van der Waals surface area (Å²) in [6, 6.07) is 3.68. The fourth-order valence-electron chi connectivity index (χ4n) is 1.21. The largest absolute Gasteiger partial charge is 0.240 e. The van der Waals surface area contributed by atoms with E-state index in [4.69, 9.17) is 11.6 Å². The van der Waals surface area contributed by atoms with Gasteiger partial charge in [-0.2, -0.15) is 0 Å². The van der Waals surface area contributed by atoms with Crippen LogP contribution in [0, 0.1) is 12.7 Å². The van der Waals surface area contributed by atoms with Crippen LogP contribution in [-0.2, 0) is 10.0 Å². The van der Waals surface area contributed by atoms with Gasteiger partial charge in [0.05, 0.1) is 4.90 Å². The third kappa shape index (κ3) is 3.43. The average Bonchev–Trinajstić information content (AvgIpc) is 2.22. The van der Waals surface area contributed by atoms with E-state index in [0.717, 1.165) is 6.07 Å². The highest BCUT2D eigenvalue weighted by Gasteiger charge is 2.16. The van der Waals surface area contributed by atoms with Crippen LogP contribution < -0.4 is 4.72 Å². The molecule has 1 aromatic carbocycles. The van der Waals surface area contributed by atoms with Gasteiger partial charge >= 0.3 is 0 Å². The van der Waals surface area contributed by atoms with Crippen molar-refractivity contribution in [3.05, 3.63) is 29.6 Å². The lowest BCUT2D eigenvalue weighted by atomic mass is 10.2. The van der Waals surface area contributed by atoms with Gasteiger partial charge in [0.15, 0.2) is 0 Å². The van der Waals surface area contributed by atoms with Crippen LogP contribution in [0.5, 0.6) is 0 Å². The summed E-state index contributed by atoms with van der Waals surface area (Å²) in [6.45, 7) is 1.87. The molecule has 0 unspecified atom stereocenters. The number of halogens is 2. The normalized spacial score (nSPS) is 11.7. The van der Waals surface area contributed by atoms with Crippen LogP contribution in [0.4, 0.5) is 4.39 Å². The molecule has 0 saturated carbocycles. The Kier molecular flexibility index (Phi) is 4.70. The molecule has 3 nitrogen and oxygen atoms in total. The quantitative estimate of drug-likeness (QED) is 0.654. The van der Waals surface area contributed by atoms with Crippen molar-refractivity contribution in [2.45, 2.75) is 18.2 Å². The first-order chi connectivity index (χ1) is 7.47. The average molecular weight is 266 g/mol. The smallest absolute Gasteiger partial charge is 0.211 e. The Morgan fingerprint density at radius 2 is 2.12 bits per heavy atom. The molecular weight excluding hydrogens is 253 g/mol. The summed E-state index contributed by atoms with van der Waals surface area (Å²) in [5.74, 6) is -0.187. The van der Waals surface area contributed by atoms with Crippen molar-refractivity contribution < 1.29 is 12.8 Å². The van der Waals surface area contributed by atoms with Crippen molar-refractivity contribution in [1.29, 1.82) is 0 Å². The van der Waals surface area contributed by atoms with E-state index in [1.54, 1.807) is 6.92 Å². The minimum Gasteiger partial charge on any atom is -0.211 e. The predicted molar refractivity (Wildman–Crippen MR) is 61.7 cm³/mol. The molecule has 6 heteroatoms. The summed E-state index contributed by atoms with van der Waals surface area (Å²) in [5, 5.41) is 0. The SMILES string of the molecule is Cc1ccc(F)cc1S(=O)(=O)NCCCCl. The van der Waals surface area contributed by atoms with E-state index in [1.165, 1.54) is 12.1 Å². The van der Waals surface area contributed by atoms with Crippen molar-refractivity contribution >= 4 is 21.6 Å². The first-order valence-electron chi connectivity index (χ1n) is 4.79. The molecule has 0 aliphatic rings. The van der Waals surface area contributed by atoms with Gasteiger partial charge in [-0.15, -0.1) is 11.6 Å². The predicted octanol–water partition coefficient (Wildman–Crippen LogP) is 2.04. The number of hydrogen-bond donors (Lipinski definition) is 1. The summed E-state index contributed by atoms with van der Waals surface area (Å²) in [5.41, 5.74) is 0.514. The van der Waals surface area contributed by atoms with Crippen molar-refractivity contribution in [1.82, 2.24) is 4.72 Å². The highest BCUT2D eigenvalue weighted by atomic mass is 35.5. The zero-order valence-corrected chi connectivity index (χ0v) is 10.4. The van der Waals surface area contributed by atoms with E-state index < -0.39 is 15.8 Å². The van der Waals surface area contributed by atoms with Gasteiger partial charge in [0, 0.05) is 12.4 Å². The van der Waals surface area contributed by atoms with Gasteiger partial charge in [0.25, 0.3) is 0 Å². The molecule has 0 atom stereocenters. The molecule has 0 heterocycles. The second-order valence-electron chi connectivity index (χ2n) is 3.35. The zero-order chi connectivity index (χ0) is 12.2. The van der Waals surface area contributed by atoms with E-state index in [9.17, 15) is 12.8 Å². The maximum absolute atomic E-state index is 13.0. The molecule has 0 aliphatic carbocycles. The maximum atomic E-state index is 13.0. The number of nitrogens with one attached hydrogen (secondary N) is 1. The number of aryl methyl sites for hydroxylation is 1. The molecule has 0 spiro atoms. The van der Waals surface area contributed by atoms with Crippen LogP contribution in [0.3, 0.4) is 0 Å². The lowest BCUT2D eigenvalue weighted by Gasteiger charge is -2.08. The van der Waals surface area contributed by atoms with E-state index in [0.29, 0.717) is 17.9 Å². The van der Waals surface area contributed by atoms with Gasteiger partial charge in [-0.25, -0.2) is 17.5 Å². The van der Waals surface area contributed by atoms with E-state index in [1.807, 2.05) is 0 Å². The van der Waals surface area contributed by atoms with Crippen LogP contribution in [-0.4, -0.2) is 20.8 Å². The monoisotopic (exact) mass is 265 g/mol. The highest BCUT2D eigenvalue weighted by Crippen LogP contribution is 2.15. The van der Waals surface area contributed by atoms with Gasteiger partial charge in [0.1, 0.15) is 5.82 Å². The molecule has 0 saturated heterocycles. The molecule has 0 aliphatic heterocycles. The van der Waals surface area contributed by atoms with Crippen molar-refractivity contribution in [3.63, 3.8) is 0 Å². The van der Waals surface area contributed by atoms with Gasteiger partial charge in [-0.3, -0.25) is 0 Å². The van der Waals surface area contributed by atoms with E-state index in [2.05, 4.69) is 4.72 Å². The van der Waals surface area contributed by atoms with E-state index in [-0.39, 0.29) is 11.4 Å². The highest BCUT2D eigenvalue weighted by molar-refractivity contribution is 7.89. The fourth-order valence-corrected chi connectivity index (χ4v) is 2.68. The molecule has 1 aromatic rings.